The van der Waals surface area contributed by atoms with Crippen molar-refractivity contribution < 1.29 is 9.18 Å². The lowest BCUT2D eigenvalue weighted by Gasteiger charge is -2.23. The third-order valence-electron chi connectivity index (χ3n) is 5.05. The Balaban J connectivity index is 0.00000341. The first-order chi connectivity index (χ1) is 14.4. The molecule has 168 valence electrons. The summed E-state index contributed by atoms with van der Waals surface area (Å²) in [6, 6.07) is 12.3. The topological polar surface area (TPSA) is 39.7 Å². The Labute approximate surface area is 193 Å². The van der Waals surface area contributed by atoms with E-state index in [-0.39, 0.29) is 24.1 Å². The summed E-state index contributed by atoms with van der Waals surface area (Å²) in [5, 5.41) is 0.604. The van der Waals surface area contributed by atoms with Crippen LogP contribution in [0.3, 0.4) is 0 Å². The zero-order chi connectivity index (χ0) is 21.7. The van der Waals surface area contributed by atoms with E-state index in [0.717, 1.165) is 36.4 Å². The van der Waals surface area contributed by atoms with Gasteiger partial charge in [-0.2, -0.15) is 0 Å². The minimum Gasteiger partial charge on any atom is -0.372 e. The monoisotopic (exact) mass is 464 g/mol. The molecule has 8 heteroatoms. The molecule has 0 N–H and O–H groups in total. The van der Waals surface area contributed by atoms with E-state index in [9.17, 15) is 9.18 Å². The molecule has 0 saturated heterocycles. The summed E-state index contributed by atoms with van der Waals surface area (Å²) < 4.78 is 14.4. The molecule has 0 aliphatic carbocycles. The Morgan fingerprint density at radius 3 is 2.32 bits per heavy atom. The first-order valence-electron chi connectivity index (χ1n) is 10.3. The summed E-state index contributed by atoms with van der Waals surface area (Å²) in [4.78, 5) is 24.0. The van der Waals surface area contributed by atoms with Gasteiger partial charge in [0.15, 0.2) is 5.13 Å². The van der Waals surface area contributed by atoms with Gasteiger partial charge in [-0.15, -0.1) is 12.4 Å². The van der Waals surface area contributed by atoms with Gasteiger partial charge in [0.1, 0.15) is 5.82 Å². The molecular formula is C23H30ClFN4OS. The molecule has 0 spiro atoms. The molecule has 0 bridgehead atoms. The van der Waals surface area contributed by atoms with Gasteiger partial charge in [-0.05, 0) is 83.4 Å². The van der Waals surface area contributed by atoms with Crippen LogP contribution in [0.2, 0.25) is 0 Å². The molecule has 3 rings (SSSR count). The van der Waals surface area contributed by atoms with Crippen molar-refractivity contribution in [2.75, 3.05) is 50.1 Å². The quantitative estimate of drug-likeness (QED) is 0.430. The number of amides is 1. The molecule has 1 aromatic heterocycles. The summed E-state index contributed by atoms with van der Waals surface area (Å²) in [6.45, 7) is 7.49. The van der Waals surface area contributed by atoms with Crippen LogP contribution < -0.4 is 9.80 Å². The molecule has 1 heterocycles. The Morgan fingerprint density at radius 2 is 1.71 bits per heavy atom. The van der Waals surface area contributed by atoms with Crippen molar-refractivity contribution in [2.45, 2.75) is 20.3 Å². The number of anilines is 2. The molecule has 0 atom stereocenters. The number of halogens is 2. The second kappa shape index (κ2) is 11.4. The first-order valence-corrected chi connectivity index (χ1v) is 11.1. The predicted octanol–water partition coefficient (Wildman–Crippen LogP) is 5.30. The highest BCUT2D eigenvalue weighted by Crippen LogP contribution is 2.30. The molecule has 0 saturated carbocycles. The van der Waals surface area contributed by atoms with E-state index >= 15 is 0 Å². The molecule has 0 aliphatic heterocycles. The van der Waals surface area contributed by atoms with Crippen molar-refractivity contribution in [1.29, 1.82) is 0 Å². The second-order valence-corrected chi connectivity index (χ2v) is 8.45. The lowest BCUT2D eigenvalue weighted by atomic mass is 10.1. The number of benzene rings is 2. The van der Waals surface area contributed by atoms with Gasteiger partial charge in [-0.25, -0.2) is 9.37 Å². The van der Waals surface area contributed by atoms with Crippen molar-refractivity contribution in [2.24, 2.45) is 0 Å². The molecule has 0 radical (unpaired) electrons. The zero-order valence-corrected chi connectivity index (χ0v) is 20.1. The summed E-state index contributed by atoms with van der Waals surface area (Å²) in [5.74, 6) is -0.380. The minimum atomic E-state index is -0.296. The number of nitrogens with zero attached hydrogens (tertiary/aromatic N) is 4. The summed E-state index contributed by atoms with van der Waals surface area (Å²) in [6.07, 6.45) is 0.820. The molecule has 31 heavy (non-hydrogen) atoms. The SMILES string of the molecule is CCN(CC)c1ccc(C(=O)N(CCCN(C)C)c2nc3ccc(F)cc3s2)cc1.Cl. The van der Waals surface area contributed by atoms with E-state index in [0.29, 0.717) is 22.8 Å². The van der Waals surface area contributed by atoms with Crippen molar-refractivity contribution in [1.82, 2.24) is 9.88 Å². The predicted molar refractivity (Wildman–Crippen MR) is 132 cm³/mol. The fourth-order valence-electron chi connectivity index (χ4n) is 3.39. The van der Waals surface area contributed by atoms with Gasteiger partial charge in [0.25, 0.3) is 5.91 Å². The molecule has 0 unspecified atom stereocenters. The van der Waals surface area contributed by atoms with Crippen LogP contribution >= 0.6 is 23.7 Å². The van der Waals surface area contributed by atoms with E-state index in [1.54, 1.807) is 11.0 Å². The Morgan fingerprint density at radius 1 is 1.03 bits per heavy atom. The van der Waals surface area contributed by atoms with Crippen LogP contribution in [-0.2, 0) is 0 Å². The highest BCUT2D eigenvalue weighted by atomic mass is 35.5. The fourth-order valence-corrected chi connectivity index (χ4v) is 4.41. The highest BCUT2D eigenvalue weighted by Gasteiger charge is 2.21. The number of rotatable bonds is 9. The van der Waals surface area contributed by atoms with Gasteiger partial charge >= 0.3 is 0 Å². The number of hydrogen-bond acceptors (Lipinski definition) is 5. The van der Waals surface area contributed by atoms with Crippen LogP contribution in [0.1, 0.15) is 30.6 Å². The van der Waals surface area contributed by atoms with E-state index in [1.807, 2.05) is 38.4 Å². The van der Waals surface area contributed by atoms with Gasteiger partial charge < -0.3 is 9.80 Å². The molecule has 1 amide bonds. The van der Waals surface area contributed by atoms with E-state index in [4.69, 9.17) is 0 Å². The second-order valence-electron chi connectivity index (χ2n) is 7.44. The number of carbonyl (C=O) groups is 1. The third kappa shape index (κ3) is 6.15. The standard InChI is InChI=1S/C23H29FN4OS.ClH/c1-5-27(6-2)19-11-8-17(9-12-19)22(29)28(15-7-14-26(3)4)23-25-20-13-10-18(24)16-21(20)30-23;/h8-13,16H,5-7,14-15H2,1-4H3;1H. The van der Waals surface area contributed by atoms with Crippen molar-refractivity contribution in [3.63, 3.8) is 0 Å². The van der Waals surface area contributed by atoms with Crippen LogP contribution in [0, 0.1) is 5.82 Å². The molecular weight excluding hydrogens is 435 g/mol. The fraction of sp³-hybridized carbons (Fsp3) is 0.391. The Bertz CT molecular complexity index is 989. The summed E-state index contributed by atoms with van der Waals surface area (Å²) in [5.41, 5.74) is 2.44. The van der Waals surface area contributed by atoms with Crippen molar-refractivity contribution in [3.05, 3.63) is 53.8 Å². The highest BCUT2D eigenvalue weighted by molar-refractivity contribution is 7.22. The minimum absolute atomic E-state index is 0. The van der Waals surface area contributed by atoms with Crippen molar-refractivity contribution >= 4 is 50.7 Å². The number of hydrogen-bond donors (Lipinski definition) is 0. The van der Waals surface area contributed by atoms with Gasteiger partial charge in [0.2, 0.25) is 0 Å². The molecule has 3 aromatic rings. The normalized spacial score (nSPS) is 10.9. The number of fused-ring (bicyclic) bond motifs is 1. The third-order valence-corrected chi connectivity index (χ3v) is 6.09. The van der Waals surface area contributed by atoms with Crippen LogP contribution in [0.15, 0.2) is 42.5 Å². The summed E-state index contributed by atoms with van der Waals surface area (Å²) >= 11 is 1.35. The number of thiazole rings is 1. The number of carbonyl (C=O) groups excluding carboxylic acids is 1. The van der Waals surface area contributed by atoms with E-state index in [2.05, 4.69) is 28.6 Å². The van der Waals surface area contributed by atoms with Crippen LogP contribution in [0.25, 0.3) is 10.2 Å². The number of aromatic nitrogens is 1. The maximum Gasteiger partial charge on any atom is 0.260 e. The smallest absolute Gasteiger partial charge is 0.260 e. The molecule has 5 nitrogen and oxygen atoms in total. The van der Waals surface area contributed by atoms with Crippen LogP contribution in [-0.4, -0.2) is 56.1 Å². The average molecular weight is 465 g/mol. The van der Waals surface area contributed by atoms with Gasteiger partial charge in [-0.3, -0.25) is 9.69 Å². The lowest BCUT2D eigenvalue weighted by Crippen LogP contribution is -2.33. The van der Waals surface area contributed by atoms with Crippen LogP contribution in [0.5, 0.6) is 0 Å². The van der Waals surface area contributed by atoms with Gasteiger partial charge in [-0.1, -0.05) is 11.3 Å². The molecule has 0 aliphatic rings. The van der Waals surface area contributed by atoms with Crippen LogP contribution in [0.4, 0.5) is 15.2 Å². The van der Waals surface area contributed by atoms with E-state index in [1.165, 1.54) is 23.5 Å². The molecule has 0 fully saturated rings. The molecule has 2 aromatic carbocycles. The van der Waals surface area contributed by atoms with Gasteiger partial charge in [0.05, 0.1) is 10.2 Å². The maximum atomic E-state index is 13.6. The zero-order valence-electron chi connectivity index (χ0n) is 18.5. The Kier molecular flexibility index (Phi) is 9.22. The largest absolute Gasteiger partial charge is 0.372 e. The first kappa shape index (κ1) is 25.0. The average Bonchev–Trinajstić information content (AvgIpc) is 3.14. The van der Waals surface area contributed by atoms with Crippen molar-refractivity contribution in [3.8, 4) is 0 Å². The van der Waals surface area contributed by atoms with Gasteiger partial charge in [0, 0.05) is 30.9 Å². The maximum absolute atomic E-state index is 13.6. The summed E-state index contributed by atoms with van der Waals surface area (Å²) in [7, 11) is 4.02. The van der Waals surface area contributed by atoms with E-state index < -0.39 is 0 Å². The lowest BCUT2D eigenvalue weighted by molar-refractivity contribution is 0.0986. The Hall–Kier alpha value is -2.22.